The van der Waals surface area contributed by atoms with Gasteiger partial charge in [0.15, 0.2) is 5.96 Å². The molecule has 2 unspecified atom stereocenters. The minimum absolute atomic E-state index is 0. The third-order valence-corrected chi connectivity index (χ3v) is 3.64. The summed E-state index contributed by atoms with van der Waals surface area (Å²) in [6, 6.07) is 13.3. The molecule has 6 nitrogen and oxygen atoms in total. The van der Waals surface area contributed by atoms with Crippen molar-refractivity contribution in [2.45, 2.75) is 18.9 Å². The van der Waals surface area contributed by atoms with Gasteiger partial charge in [0.05, 0.1) is 26.0 Å². The third kappa shape index (κ3) is 7.05. The molecule has 1 heterocycles. The first kappa shape index (κ1) is 21.5. The monoisotopic (exact) mass is 459 g/mol. The van der Waals surface area contributed by atoms with E-state index in [2.05, 4.69) is 15.6 Å². The van der Waals surface area contributed by atoms with Gasteiger partial charge in [-0.25, -0.2) is 0 Å². The summed E-state index contributed by atoms with van der Waals surface area (Å²) in [4.78, 5) is 4.51. The first-order chi connectivity index (χ1) is 11.7. The third-order valence-electron chi connectivity index (χ3n) is 3.64. The average molecular weight is 459 g/mol. The van der Waals surface area contributed by atoms with E-state index in [1.807, 2.05) is 37.3 Å². The van der Waals surface area contributed by atoms with Gasteiger partial charge in [0.1, 0.15) is 11.9 Å². The number of guanidine groups is 1. The van der Waals surface area contributed by atoms with Crippen LogP contribution in [0.25, 0.3) is 0 Å². The Labute approximate surface area is 165 Å². The summed E-state index contributed by atoms with van der Waals surface area (Å²) in [7, 11) is 0. The van der Waals surface area contributed by atoms with Gasteiger partial charge in [-0.3, -0.25) is 4.99 Å². The lowest BCUT2D eigenvalue weighted by Crippen LogP contribution is -2.39. The van der Waals surface area contributed by atoms with Crippen molar-refractivity contribution in [3.05, 3.63) is 60.1 Å². The number of hydrogen-bond donors (Lipinski definition) is 4. The molecule has 138 valence electrons. The van der Waals surface area contributed by atoms with Crippen molar-refractivity contribution in [1.82, 2.24) is 10.6 Å². The molecule has 2 aromatic rings. The van der Waals surface area contributed by atoms with Crippen LogP contribution in [0.1, 0.15) is 30.3 Å². The lowest BCUT2D eigenvalue weighted by molar-refractivity contribution is 0.153. The van der Waals surface area contributed by atoms with Crippen LogP contribution in [-0.2, 0) is 0 Å². The molecule has 0 amide bonds. The molecular weight excluding hydrogens is 433 g/mol. The Morgan fingerprint density at radius 2 is 1.92 bits per heavy atom. The second kappa shape index (κ2) is 11.9. The number of rotatable bonds is 8. The van der Waals surface area contributed by atoms with E-state index in [-0.39, 0.29) is 43.0 Å². The number of furan rings is 1. The Morgan fingerprint density at radius 1 is 1.16 bits per heavy atom. The standard InChI is InChI=1S/C18H25N3O3.HI/c1-2-19-18(21-12-16(23)17-9-6-10-24-17)20-11-15(13-22)14-7-4-3-5-8-14;/h3-10,15-16,22-23H,2,11-13H2,1H3,(H2,19,20,21);1H. The fourth-order valence-electron chi connectivity index (χ4n) is 2.31. The van der Waals surface area contributed by atoms with Crippen molar-refractivity contribution in [2.24, 2.45) is 4.99 Å². The fraction of sp³-hybridized carbons (Fsp3) is 0.389. The van der Waals surface area contributed by atoms with Gasteiger partial charge in [-0.1, -0.05) is 30.3 Å². The summed E-state index contributed by atoms with van der Waals surface area (Å²) in [6.07, 6.45) is 0.787. The van der Waals surface area contributed by atoms with Gasteiger partial charge in [0, 0.05) is 12.5 Å². The van der Waals surface area contributed by atoms with E-state index in [1.54, 1.807) is 12.1 Å². The van der Waals surface area contributed by atoms with Gasteiger partial charge >= 0.3 is 0 Å². The van der Waals surface area contributed by atoms with Crippen molar-refractivity contribution >= 4 is 29.9 Å². The van der Waals surface area contributed by atoms with E-state index < -0.39 is 6.10 Å². The SMILES string of the molecule is CCNC(=NCC(CO)c1ccccc1)NCC(O)c1ccco1.I. The maximum atomic E-state index is 10.0. The van der Waals surface area contributed by atoms with E-state index in [1.165, 1.54) is 6.26 Å². The molecule has 0 bridgehead atoms. The number of halogens is 1. The van der Waals surface area contributed by atoms with Crippen LogP contribution in [0.4, 0.5) is 0 Å². The maximum Gasteiger partial charge on any atom is 0.191 e. The Kier molecular flexibility index (Phi) is 10.2. The molecule has 0 spiro atoms. The highest BCUT2D eigenvalue weighted by Crippen LogP contribution is 2.15. The Hall–Kier alpha value is -1.58. The molecule has 0 aliphatic rings. The van der Waals surface area contributed by atoms with Crippen LogP contribution in [0.2, 0.25) is 0 Å². The Balaban J connectivity index is 0.00000312. The molecule has 0 fully saturated rings. The predicted molar refractivity (Wildman–Crippen MR) is 109 cm³/mol. The molecule has 1 aromatic heterocycles. The van der Waals surface area contributed by atoms with Crippen molar-refractivity contribution < 1.29 is 14.6 Å². The minimum Gasteiger partial charge on any atom is -0.467 e. The summed E-state index contributed by atoms with van der Waals surface area (Å²) in [5.74, 6) is 1.05. The largest absolute Gasteiger partial charge is 0.467 e. The molecule has 0 saturated carbocycles. The lowest BCUT2D eigenvalue weighted by atomic mass is 10.0. The van der Waals surface area contributed by atoms with E-state index in [4.69, 9.17) is 4.42 Å². The molecule has 0 saturated heterocycles. The molecule has 1 aromatic carbocycles. The van der Waals surface area contributed by atoms with Gasteiger partial charge in [0.2, 0.25) is 0 Å². The topological polar surface area (TPSA) is 90.0 Å². The molecule has 2 atom stereocenters. The molecule has 0 aliphatic heterocycles. The highest BCUT2D eigenvalue weighted by molar-refractivity contribution is 14.0. The van der Waals surface area contributed by atoms with Gasteiger partial charge < -0.3 is 25.3 Å². The number of aliphatic imine (C=N–C) groups is 1. The fourth-order valence-corrected chi connectivity index (χ4v) is 2.31. The van der Waals surface area contributed by atoms with Gasteiger partial charge in [0.25, 0.3) is 0 Å². The average Bonchev–Trinajstić information content (AvgIpc) is 3.15. The van der Waals surface area contributed by atoms with Gasteiger partial charge in [-0.2, -0.15) is 0 Å². The molecule has 2 rings (SSSR count). The van der Waals surface area contributed by atoms with Crippen LogP contribution in [0, 0.1) is 0 Å². The molecule has 25 heavy (non-hydrogen) atoms. The van der Waals surface area contributed by atoms with Gasteiger partial charge in [-0.05, 0) is 24.6 Å². The van der Waals surface area contributed by atoms with E-state index in [9.17, 15) is 10.2 Å². The first-order valence-electron chi connectivity index (χ1n) is 8.14. The van der Waals surface area contributed by atoms with Crippen LogP contribution in [0.5, 0.6) is 0 Å². The first-order valence-corrected chi connectivity index (χ1v) is 8.14. The summed E-state index contributed by atoms with van der Waals surface area (Å²) >= 11 is 0. The second-order valence-electron chi connectivity index (χ2n) is 5.42. The van der Waals surface area contributed by atoms with Crippen molar-refractivity contribution in [3.8, 4) is 0 Å². The molecule has 0 aliphatic carbocycles. The number of hydrogen-bond acceptors (Lipinski definition) is 4. The van der Waals surface area contributed by atoms with Crippen molar-refractivity contribution in [1.29, 1.82) is 0 Å². The lowest BCUT2D eigenvalue weighted by Gasteiger charge is -2.16. The van der Waals surface area contributed by atoms with E-state index in [0.29, 0.717) is 24.8 Å². The Morgan fingerprint density at radius 3 is 2.52 bits per heavy atom. The minimum atomic E-state index is -0.744. The van der Waals surface area contributed by atoms with Gasteiger partial charge in [-0.15, -0.1) is 24.0 Å². The summed E-state index contributed by atoms with van der Waals surface area (Å²) < 4.78 is 5.18. The number of aliphatic hydroxyl groups excluding tert-OH is 2. The molecule has 7 heteroatoms. The molecule has 0 radical (unpaired) electrons. The normalized spacial score (nSPS) is 13.6. The Bertz CT molecular complexity index is 605. The number of nitrogens with one attached hydrogen (secondary N) is 2. The van der Waals surface area contributed by atoms with Crippen LogP contribution in [0.3, 0.4) is 0 Å². The highest BCUT2D eigenvalue weighted by Gasteiger charge is 2.12. The number of nitrogens with zero attached hydrogens (tertiary/aromatic N) is 1. The summed E-state index contributed by atoms with van der Waals surface area (Å²) in [5, 5.41) is 25.9. The number of aliphatic hydroxyl groups is 2. The highest BCUT2D eigenvalue weighted by atomic mass is 127. The quantitative estimate of drug-likeness (QED) is 0.276. The zero-order valence-electron chi connectivity index (χ0n) is 14.3. The summed E-state index contributed by atoms with van der Waals surface area (Å²) in [5.41, 5.74) is 1.05. The summed E-state index contributed by atoms with van der Waals surface area (Å²) in [6.45, 7) is 3.45. The van der Waals surface area contributed by atoms with Crippen LogP contribution in [0.15, 0.2) is 58.1 Å². The van der Waals surface area contributed by atoms with Crippen LogP contribution in [-0.4, -0.2) is 42.4 Å². The van der Waals surface area contributed by atoms with E-state index in [0.717, 1.165) is 5.56 Å². The molecule has 4 N–H and O–H groups in total. The van der Waals surface area contributed by atoms with Crippen LogP contribution < -0.4 is 10.6 Å². The maximum absolute atomic E-state index is 10.0. The zero-order valence-corrected chi connectivity index (χ0v) is 16.6. The number of benzene rings is 1. The predicted octanol–water partition coefficient (Wildman–Crippen LogP) is 2.26. The van der Waals surface area contributed by atoms with Crippen LogP contribution >= 0.6 is 24.0 Å². The second-order valence-corrected chi connectivity index (χ2v) is 5.42. The molecular formula is C18H26IN3O3. The zero-order chi connectivity index (χ0) is 17.2. The van der Waals surface area contributed by atoms with E-state index >= 15 is 0 Å². The van der Waals surface area contributed by atoms with Crippen molar-refractivity contribution in [2.75, 3.05) is 26.2 Å². The smallest absolute Gasteiger partial charge is 0.191 e. The van der Waals surface area contributed by atoms with Crippen molar-refractivity contribution in [3.63, 3.8) is 0 Å².